The Morgan fingerprint density at radius 2 is 1.60 bits per heavy atom. The first-order chi connectivity index (χ1) is 23.3. The first-order valence-electron chi connectivity index (χ1n) is 15.2. The van der Waals surface area contributed by atoms with Crippen molar-refractivity contribution >= 4 is 68.9 Å². The number of carbonyl (C=O) groups excluding carboxylic acids is 4. The number of anilines is 2. The lowest BCUT2D eigenvalue weighted by Crippen LogP contribution is -2.33. The van der Waals surface area contributed by atoms with Gasteiger partial charge in [0.05, 0.1) is 35.9 Å². The Bertz CT molecular complexity index is 2140. The lowest BCUT2D eigenvalue weighted by molar-refractivity contribution is -0.122. The molecule has 0 radical (unpaired) electrons. The number of methoxy groups -OCH3 is 1. The summed E-state index contributed by atoms with van der Waals surface area (Å²) in [7, 11) is 1.56. The van der Waals surface area contributed by atoms with Gasteiger partial charge in [0.2, 0.25) is 17.7 Å². The van der Waals surface area contributed by atoms with Crippen LogP contribution in [0.4, 0.5) is 11.4 Å². The first-order valence-corrected chi connectivity index (χ1v) is 16.9. The number of ether oxygens (including phenoxy) is 2. The topological polar surface area (TPSA) is 124 Å². The number of fused-ring (bicyclic) bond motifs is 3. The lowest BCUT2D eigenvalue weighted by atomic mass is 9.83. The van der Waals surface area contributed by atoms with E-state index in [1.54, 1.807) is 38.3 Å². The summed E-state index contributed by atoms with van der Waals surface area (Å²) in [5.74, 6) is -2.56. The van der Waals surface area contributed by atoms with E-state index in [2.05, 4.69) is 5.32 Å². The van der Waals surface area contributed by atoms with Crippen LogP contribution in [0.2, 0.25) is 0 Å². The van der Waals surface area contributed by atoms with E-state index in [1.807, 2.05) is 54.6 Å². The molecule has 1 N–H and O–H groups in total. The molecule has 2 aliphatic rings. The van der Waals surface area contributed by atoms with Gasteiger partial charge in [-0.3, -0.25) is 23.7 Å². The number of hydrogen-bond acceptors (Lipinski definition) is 9. The molecule has 1 aromatic heterocycles. The standard InChI is InChI=1S/C36H29N3O7S2/c1-3-46-35(43)22-9-14-25(15-10-22)39-32(41)29-28(21-11-16-26(45-2)17-12-21)31-34(47-30(29)33(39)42)38(36(44)48-31)19-27(40)37-24-13-8-20-6-4-5-7-23(20)18-24/h4-18,28-30H,3,19H2,1-2H3,(H,37,40)/t28-,29-,30+/m0/s1. The number of aromatic nitrogens is 1. The number of hydrogen-bond donors (Lipinski definition) is 1. The van der Waals surface area contributed by atoms with Gasteiger partial charge in [-0.2, -0.15) is 0 Å². The number of rotatable bonds is 8. The highest BCUT2D eigenvalue weighted by molar-refractivity contribution is 8.00. The van der Waals surface area contributed by atoms with E-state index < -0.39 is 40.8 Å². The van der Waals surface area contributed by atoms with E-state index in [4.69, 9.17) is 9.47 Å². The largest absolute Gasteiger partial charge is 0.497 e. The monoisotopic (exact) mass is 679 g/mol. The molecule has 3 atom stereocenters. The number of esters is 1. The number of thiazole rings is 1. The normalized spacial score (nSPS) is 18.4. The van der Waals surface area contributed by atoms with Gasteiger partial charge in [-0.25, -0.2) is 9.69 Å². The molecule has 3 amide bonds. The van der Waals surface area contributed by atoms with Crippen molar-refractivity contribution in [1.29, 1.82) is 0 Å². The minimum atomic E-state index is -0.856. The summed E-state index contributed by atoms with van der Waals surface area (Å²) >= 11 is 2.12. The minimum Gasteiger partial charge on any atom is -0.497 e. The lowest BCUT2D eigenvalue weighted by Gasteiger charge is -2.30. The van der Waals surface area contributed by atoms with Crippen LogP contribution in [0.25, 0.3) is 10.8 Å². The minimum absolute atomic E-state index is 0.220. The molecule has 1 saturated heterocycles. The zero-order chi connectivity index (χ0) is 33.5. The van der Waals surface area contributed by atoms with Crippen LogP contribution in [0.3, 0.4) is 0 Å². The number of nitrogens with one attached hydrogen (secondary N) is 1. The molecule has 10 nitrogen and oxygen atoms in total. The van der Waals surface area contributed by atoms with Gasteiger partial charge in [-0.15, -0.1) is 0 Å². The zero-order valence-corrected chi connectivity index (χ0v) is 27.5. The molecular formula is C36H29N3O7S2. The average molecular weight is 680 g/mol. The number of amides is 3. The Hall–Kier alpha value is -5.20. The maximum absolute atomic E-state index is 14.2. The molecule has 4 aromatic carbocycles. The molecule has 0 aliphatic carbocycles. The molecule has 12 heteroatoms. The number of thioether (sulfide) groups is 1. The zero-order valence-electron chi connectivity index (χ0n) is 25.9. The highest BCUT2D eigenvalue weighted by Crippen LogP contribution is 2.54. The van der Waals surface area contributed by atoms with Crippen LogP contribution >= 0.6 is 23.1 Å². The van der Waals surface area contributed by atoms with Gasteiger partial charge < -0.3 is 14.8 Å². The van der Waals surface area contributed by atoms with Crippen molar-refractivity contribution in [3.8, 4) is 5.75 Å². The Labute approximate surface area is 283 Å². The summed E-state index contributed by atoms with van der Waals surface area (Å²) in [5.41, 5.74) is 1.97. The van der Waals surface area contributed by atoms with Gasteiger partial charge in [0.1, 0.15) is 17.5 Å². The highest BCUT2D eigenvalue weighted by Gasteiger charge is 2.56. The molecule has 3 heterocycles. The fraction of sp³-hybridized carbons (Fsp3) is 0.194. The molecule has 0 spiro atoms. The second-order valence-corrected chi connectivity index (χ2v) is 13.5. The van der Waals surface area contributed by atoms with E-state index >= 15 is 0 Å². The molecule has 0 unspecified atom stereocenters. The molecule has 5 aromatic rings. The number of imide groups is 1. The van der Waals surface area contributed by atoms with Crippen LogP contribution in [0.1, 0.15) is 33.6 Å². The number of carbonyl (C=O) groups is 4. The number of nitrogens with zero attached hydrogens (tertiary/aromatic N) is 2. The second-order valence-electron chi connectivity index (χ2n) is 11.3. The quantitative estimate of drug-likeness (QED) is 0.164. The van der Waals surface area contributed by atoms with Crippen LogP contribution in [-0.2, 0) is 25.7 Å². The van der Waals surface area contributed by atoms with E-state index in [9.17, 15) is 24.0 Å². The predicted molar refractivity (Wildman–Crippen MR) is 184 cm³/mol. The van der Waals surface area contributed by atoms with E-state index in [-0.39, 0.29) is 18.0 Å². The summed E-state index contributed by atoms with van der Waals surface area (Å²) in [5, 5.41) is 4.53. The maximum atomic E-state index is 14.2. The van der Waals surface area contributed by atoms with Crippen LogP contribution < -0.4 is 19.8 Å². The fourth-order valence-corrected chi connectivity index (χ4v) is 9.03. The van der Waals surface area contributed by atoms with Gasteiger partial charge in [0.25, 0.3) is 0 Å². The first kappa shape index (κ1) is 31.4. The Kier molecular flexibility index (Phi) is 8.36. The Balaban J connectivity index is 1.23. The molecule has 1 fully saturated rings. The highest BCUT2D eigenvalue weighted by atomic mass is 32.2. The maximum Gasteiger partial charge on any atom is 0.338 e. The van der Waals surface area contributed by atoms with E-state index in [1.165, 1.54) is 16.7 Å². The molecule has 242 valence electrons. The van der Waals surface area contributed by atoms with Crippen molar-refractivity contribution < 1.29 is 28.7 Å². The summed E-state index contributed by atoms with van der Waals surface area (Å²) < 4.78 is 11.8. The third-order valence-electron chi connectivity index (χ3n) is 8.50. The summed E-state index contributed by atoms with van der Waals surface area (Å²) in [4.78, 5) is 68.7. The van der Waals surface area contributed by atoms with Crippen molar-refractivity contribution in [3.63, 3.8) is 0 Å². The Morgan fingerprint density at radius 1 is 0.875 bits per heavy atom. The third kappa shape index (κ3) is 5.56. The van der Waals surface area contributed by atoms with E-state index in [0.717, 1.165) is 44.3 Å². The van der Waals surface area contributed by atoms with Crippen LogP contribution in [-0.4, -0.2) is 47.2 Å². The van der Waals surface area contributed by atoms with Crippen molar-refractivity contribution in [3.05, 3.63) is 117 Å². The second kappa shape index (κ2) is 12.8. The van der Waals surface area contributed by atoms with Crippen LogP contribution in [0.5, 0.6) is 5.75 Å². The van der Waals surface area contributed by atoms with Crippen LogP contribution in [0, 0.1) is 5.92 Å². The summed E-state index contributed by atoms with van der Waals surface area (Å²) in [6, 6.07) is 26.7. The van der Waals surface area contributed by atoms with Gasteiger partial charge in [0, 0.05) is 16.5 Å². The summed E-state index contributed by atoms with van der Waals surface area (Å²) in [6.45, 7) is 1.66. The average Bonchev–Trinajstić information content (AvgIpc) is 3.54. The van der Waals surface area contributed by atoms with Gasteiger partial charge in [0.15, 0.2) is 0 Å². The smallest absolute Gasteiger partial charge is 0.338 e. The summed E-state index contributed by atoms with van der Waals surface area (Å²) in [6.07, 6.45) is 0. The van der Waals surface area contributed by atoms with Crippen molar-refractivity contribution in [1.82, 2.24) is 4.57 Å². The van der Waals surface area contributed by atoms with Crippen molar-refractivity contribution in [2.75, 3.05) is 23.9 Å². The van der Waals surface area contributed by atoms with E-state index in [0.29, 0.717) is 32.6 Å². The van der Waals surface area contributed by atoms with Gasteiger partial charge in [-0.05, 0) is 71.8 Å². The molecule has 0 bridgehead atoms. The molecule has 48 heavy (non-hydrogen) atoms. The molecule has 2 aliphatic heterocycles. The van der Waals surface area contributed by atoms with Crippen molar-refractivity contribution in [2.24, 2.45) is 5.92 Å². The van der Waals surface area contributed by atoms with Gasteiger partial charge >= 0.3 is 10.8 Å². The van der Waals surface area contributed by atoms with Crippen LogP contribution in [0.15, 0.2) is 101 Å². The Morgan fingerprint density at radius 3 is 2.31 bits per heavy atom. The predicted octanol–water partition coefficient (Wildman–Crippen LogP) is 5.68. The SMILES string of the molecule is CCOC(=O)c1ccc(N2C(=O)[C@H]3[C@H](c4ccc(OC)cc4)c4sc(=O)n(CC(=O)Nc5ccc6ccccc6c5)c4S[C@H]3C2=O)cc1. The molecule has 7 rings (SSSR count). The molecule has 0 saturated carbocycles. The third-order valence-corrected chi connectivity index (χ3v) is 11.1. The molecular weight excluding hydrogens is 651 g/mol. The van der Waals surface area contributed by atoms with Crippen molar-refractivity contribution in [2.45, 2.75) is 29.7 Å². The van der Waals surface area contributed by atoms with Gasteiger partial charge in [-0.1, -0.05) is 65.6 Å². The fourth-order valence-electron chi connectivity index (χ4n) is 6.25. The number of benzene rings is 4.